The molecule has 0 saturated heterocycles. The first-order valence-corrected chi connectivity index (χ1v) is 30.8. The lowest BCUT2D eigenvalue weighted by Crippen LogP contribution is -2.46. The Labute approximate surface area is 412 Å². The third-order valence-electron chi connectivity index (χ3n) is 13.8. The van der Waals surface area contributed by atoms with E-state index in [4.69, 9.17) is 9.05 Å². The lowest BCUT2D eigenvalue weighted by atomic mass is 10.0. The first-order valence-electron chi connectivity index (χ1n) is 29.4. The van der Waals surface area contributed by atoms with Crippen LogP contribution in [0.1, 0.15) is 309 Å². The van der Waals surface area contributed by atoms with Gasteiger partial charge in [0.05, 0.1) is 39.9 Å². The Balaban J connectivity index is 3.74. The molecule has 3 atom stereocenters. The smallest absolute Gasteiger partial charge is 0.268 e. The van der Waals surface area contributed by atoms with Crippen molar-refractivity contribution in [3.63, 3.8) is 0 Å². The van der Waals surface area contributed by atoms with Crippen LogP contribution in [0.15, 0.2) is 0 Å². The van der Waals surface area contributed by atoms with Crippen molar-refractivity contribution in [2.75, 3.05) is 40.9 Å². The van der Waals surface area contributed by atoms with E-state index in [1.807, 2.05) is 21.1 Å². The minimum absolute atomic E-state index is 0.0157. The Morgan fingerprint density at radius 2 is 0.742 bits per heavy atom. The molecule has 0 aliphatic heterocycles. The molecule has 396 valence electrons. The van der Waals surface area contributed by atoms with Crippen LogP contribution >= 0.6 is 7.82 Å². The number of phosphoric acid groups is 1. The molecule has 0 aliphatic carbocycles. The van der Waals surface area contributed by atoms with Crippen LogP contribution in [0.2, 0.25) is 0 Å². The van der Waals surface area contributed by atoms with Crippen molar-refractivity contribution in [2.45, 2.75) is 321 Å². The van der Waals surface area contributed by atoms with Gasteiger partial charge in [-0.2, -0.15) is 0 Å². The number of carbonyl (C=O) groups excluding carboxylic acids is 1. The number of hydrogen-bond donors (Lipinski definition) is 2. The monoisotopic (exact) mass is 957 g/mol. The fraction of sp³-hybridized carbons (Fsp3) is 0.982. The molecule has 0 rings (SSSR count). The van der Waals surface area contributed by atoms with Gasteiger partial charge < -0.3 is 28.8 Å². The molecule has 0 heterocycles. The van der Waals surface area contributed by atoms with Gasteiger partial charge in [-0.25, -0.2) is 0 Å². The molecular weight excluding hydrogens is 840 g/mol. The predicted octanol–water partition coefficient (Wildman–Crippen LogP) is 17.0. The third kappa shape index (κ3) is 51.4. The van der Waals surface area contributed by atoms with Gasteiger partial charge in [0.1, 0.15) is 13.2 Å². The lowest BCUT2D eigenvalue weighted by molar-refractivity contribution is -0.870. The number of nitrogens with one attached hydrogen (secondary N) is 1. The van der Waals surface area contributed by atoms with E-state index in [2.05, 4.69) is 19.2 Å². The van der Waals surface area contributed by atoms with Crippen molar-refractivity contribution in [1.82, 2.24) is 5.32 Å². The number of nitrogens with zero attached hydrogens (tertiary/aromatic N) is 1. The van der Waals surface area contributed by atoms with Gasteiger partial charge in [-0.3, -0.25) is 9.36 Å². The molecule has 8 nitrogen and oxygen atoms in total. The summed E-state index contributed by atoms with van der Waals surface area (Å²) in [7, 11) is 1.32. The van der Waals surface area contributed by atoms with Crippen LogP contribution in [0.4, 0.5) is 0 Å². The predicted molar refractivity (Wildman–Crippen MR) is 284 cm³/mol. The third-order valence-corrected chi connectivity index (χ3v) is 14.8. The van der Waals surface area contributed by atoms with Crippen LogP contribution in [0.25, 0.3) is 0 Å². The van der Waals surface area contributed by atoms with Crippen molar-refractivity contribution in [2.24, 2.45) is 0 Å². The highest BCUT2D eigenvalue weighted by Gasteiger charge is 2.24. The number of rotatable bonds is 55. The fourth-order valence-corrected chi connectivity index (χ4v) is 9.94. The van der Waals surface area contributed by atoms with E-state index in [0.717, 1.165) is 38.5 Å². The van der Waals surface area contributed by atoms with Crippen molar-refractivity contribution >= 4 is 13.7 Å². The SMILES string of the molecule is CCCCCCCCCCCCCCCCCCCCCCCCCCCCCCCCCCCCCCC(=O)NC(COP(=O)([O-])OCC[N+](C)(C)C)C(O)CCCCCCCCCC. The van der Waals surface area contributed by atoms with Crippen LogP contribution in [0.5, 0.6) is 0 Å². The fourth-order valence-electron chi connectivity index (χ4n) is 9.22. The van der Waals surface area contributed by atoms with Gasteiger partial charge in [0.2, 0.25) is 5.91 Å². The molecule has 0 spiro atoms. The first-order chi connectivity index (χ1) is 32.0. The molecule has 2 N–H and O–H groups in total. The van der Waals surface area contributed by atoms with Gasteiger partial charge in [0.15, 0.2) is 0 Å². The zero-order valence-corrected chi connectivity index (χ0v) is 46.1. The van der Waals surface area contributed by atoms with E-state index in [1.165, 1.54) is 244 Å². The van der Waals surface area contributed by atoms with Gasteiger partial charge in [0.25, 0.3) is 7.82 Å². The molecule has 66 heavy (non-hydrogen) atoms. The second kappa shape index (κ2) is 49.5. The number of quaternary nitrogens is 1. The second-order valence-electron chi connectivity index (χ2n) is 21.7. The summed E-state index contributed by atoms with van der Waals surface area (Å²) >= 11 is 0. The van der Waals surface area contributed by atoms with Gasteiger partial charge in [-0.15, -0.1) is 0 Å². The normalized spacial score (nSPS) is 13.9. The van der Waals surface area contributed by atoms with Crippen LogP contribution in [-0.4, -0.2) is 68.5 Å². The minimum atomic E-state index is -4.56. The van der Waals surface area contributed by atoms with Gasteiger partial charge in [-0.05, 0) is 12.8 Å². The first kappa shape index (κ1) is 65.5. The Kier molecular flexibility index (Phi) is 49.1. The molecule has 0 bridgehead atoms. The minimum Gasteiger partial charge on any atom is -0.756 e. The summed E-state index contributed by atoms with van der Waals surface area (Å²) in [5.74, 6) is -0.161. The maximum Gasteiger partial charge on any atom is 0.268 e. The van der Waals surface area contributed by atoms with Crippen molar-refractivity contribution in [1.29, 1.82) is 0 Å². The number of phosphoric ester groups is 1. The van der Waals surface area contributed by atoms with E-state index in [1.54, 1.807) is 0 Å². The Bertz CT molecular complexity index is 1040. The second-order valence-corrected chi connectivity index (χ2v) is 23.1. The van der Waals surface area contributed by atoms with E-state index in [0.29, 0.717) is 23.9 Å². The van der Waals surface area contributed by atoms with Gasteiger partial charge >= 0.3 is 0 Å². The molecule has 0 radical (unpaired) electrons. The van der Waals surface area contributed by atoms with Gasteiger partial charge in [-0.1, -0.05) is 290 Å². The summed E-state index contributed by atoms with van der Waals surface area (Å²) in [5, 5.41) is 13.9. The molecule has 0 aromatic carbocycles. The zero-order valence-electron chi connectivity index (χ0n) is 45.2. The molecule has 3 unspecified atom stereocenters. The number of hydrogen-bond acceptors (Lipinski definition) is 6. The Hall–Kier alpha value is -0.500. The van der Waals surface area contributed by atoms with E-state index in [-0.39, 0.29) is 19.1 Å². The average Bonchev–Trinajstić information content (AvgIpc) is 3.28. The van der Waals surface area contributed by atoms with E-state index >= 15 is 0 Å². The standard InChI is InChI=1S/C57H117N2O6P/c1-6-8-10-12-14-16-17-18-19-20-21-22-23-24-25-26-27-28-29-30-31-32-33-34-35-36-37-38-39-40-41-42-43-45-47-49-51-57(61)58-55(54-65-66(62,63)64-53-52-59(3,4)5)56(60)50-48-46-44-15-13-11-9-7-2/h55-56,60H,6-54H2,1-5H3,(H-,58,61,62,63). The van der Waals surface area contributed by atoms with Crippen LogP contribution in [0, 0.1) is 0 Å². The van der Waals surface area contributed by atoms with E-state index < -0.39 is 20.0 Å². The van der Waals surface area contributed by atoms with Crippen LogP contribution in [0.3, 0.4) is 0 Å². The van der Waals surface area contributed by atoms with Crippen molar-refractivity contribution < 1.29 is 32.9 Å². The van der Waals surface area contributed by atoms with Crippen molar-refractivity contribution in [3.8, 4) is 0 Å². The number of aliphatic hydroxyl groups excluding tert-OH is 1. The number of likely N-dealkylation sites (N-methyl/N-ethyl adjacent to an activating group) is 1. The highest BCUT2D eigenvalue weighted by molar-refractivity contribution is 7.45. The zero-order chi connectivity index (χ0) is 48.5. The summed E-state index contributed by atoms with van der Waals surface area (Å²) in [6.45, 7) is 4.72. The summed E-state index contributed by atoms with van der Waals surface area (Å²) in [6, 6.07) is -0.792. The molecule has 0 fully saturated rings. The molecule has 0 aromatic heterocycles. The maximum atomic E-state index is 12.9. The summed E-state index contributed by atoms with van der Waals surface area (Å²) < 4.78 is 23.3. The topological polar surface area (TPSA) is 108 Å². The highest BCUT2D eigenvalue weighted by Crippen LogP contribution is 2.38. The molecule has 0 aliphatic rings. The van der Waals surface area contributed by atoms with Crippen molar-refractivity contribution in [3.05, 3.63) is 0 Å². The Morgan fingerprint density at radius 3 is 1.03 bits per heavy atom. The van der Waals surface area contributed by atoms with Gasteiger partial charge in [0, 0.05) is 6.42 Å². The lowest BCUT2D eigenvalue weighted by Gasteiger charge is -2.30. The number of aliphatic hydroxyl groups is 1. The maximum absolute atomic E-state index is 12.9. The molecule has 0 aromatic rings. The summed E-state index contributed by atoms with van der Waals surface area (Å²) in [4.78, 5) is 25.3. The number of unbranched alkanes of at least 4 members (excludes halogenated alkanes) is 42. The molecule has 9 heteroatoms. The molecule has 1 amide bonds. The van der Waals surface area contributed by atoms with E-state index in [9.17, 15) is 19.4 Å². The molecular formula is C57H117N2O6P. The number of amides is 1. The quantitative estimate of drug-likeness (QED) is 0.0357. The molecule has 0 saturated carbocycles. The summed E-state index contributed by atoms with van der Waals surface area (Å²) in [6.07, 6.45) is 59.1. The van der Waals surface area contributed by atoms with Crippen LogP contribution < -0.4 is 10.2 Å². The Morgan fingerprint density at radius 1 is 0.470 bits per heavy atom. The number of carbonyl (C=O) groups is 1. The average molecular weight is 958 g/mol. The summed E-state index contributed by atoms with van der Waals surface area (Å²) in [5.41, 5.74) is 0. The largest absolute Gasteiger partial charge is 0.756 e. The highest BCUT2D eigenvalue weighted by atomic mass is 31.2. The van der Waals surface area contributed by atoms with Crippen LogP contribution in [-0.2, 0) is 18.4 Å².